The lowest BCUT2D eigenvalue weighted by molar-refractivity contribution is 0.0368. The summed E-state index contributed by atoms with van der Waals surface area (Å²) in [7, 11) is -0.154. The SMILES string of the molecule is CC#CC[C@@H](COCc1ccc(OC)cc1)O[Si](C)(C)C(C)(C)C. The summed E-state index contributed by atoms with van der Waals surface area (Å²) >= 11 is 0. The van der Waals surface area contributed by atoms with E-state index in [0.717, 1.165) is 11.3 Å². The fraction of sp³-hybridized carbons (Fsp3) is 0.600. The summed E-state index contributed by atoms with van der Waals surface area (Å²) < 4.78 is 17.5. The van der Waals surface area contributed by atoms with Gasteiger partial charge in [-0.3, -0.25) is 0 Å². The van der Waals surface area contributed by atoms with Gasteiger partial charge in [0.15, 0.2) is 8.32 Å². The minimum absolute atomic E-state index is 0.0246. The minimum atomic E-state index is -1.82. The fourth-order valence-corrected chi connectivity index (χ4v) is 3.31. The number of ether oxygens (including phenoxy) is 2. The molecule has 24 heavy (non-hydrogen) atoms. The van der Waals surface area contributed by atoms with Gasteiger partial charge in [0.2, 0.25) is 0 Å². The van der Waals surface area contributed by atoms with Crippen LogP contribution < -0.4 is 4.74 Å². The van der Waals surface area contributed by atoms with Crippen LogP contribution in [-0.4, -0.2) is 28.1 Å². The molecule has 4 heteroatoms. The molecule has 1 aromatic carbocycles. The van der Waals surface area contributed by atoms with Gasteiger partial charge in [0.25, 0.3) is 0 Å². The maximum absolute atomic E-state index is 6.47. The van der Waals surface area contributed by atoms with E-state index < -0.39 is 8.32 Å². The lowest BCUT2D eigenvalue weighted by Gasteiger charge is -2.38. The van der Waals surface area contributed by atoms with Crippen molar-refractivity contribution in [1.82, 2.24) is 0 Å². The topological polar surface area (TPSA) is 27.7 Å². The molecule has 134 valence electrons. The maximum Gasteiger partial charge on any atom is 0.192 e. The minimum Gasteiger partial charge on any atom is -0.497 e. The van der Waals surface area contributed by atoms with Gasteiger partial charge >= 0.3 is 0 Å². The van der Waals surface area contributed by atoms with E-state index in [1.54, 1.807) is 7.11 Å². The Hall–Kier alpha value is -1.28. The Balaban J connectivity index is 2.60. The molecule has 0 spiro atoms. The third-order valence-corrected chi connectivity index (χ3v) is 9.04. The Morgan fingerprint density at radius 2 is 1.75 bits per heavy atom. The molecule has 0 aliphatic heterocycles. The van der Waals surface area contributed by atoms with Gasteiger partial charge in [-0.1, -0.05) is 32.9 Å². The summed E-state index contributed by atoms with van der Waals surface area (Å²) in [5, 5.41) is 0.181. The maximum atomic E-state index is 6.47. The van der Waals surface area contributed by atoms with Crippen molar-refractivity contribution in [2.45, 2.75) is 65.0 Å². The molecule has 0 bridgehead atoms. The summed E-state index contributed by atoms with van der Waals surface area (Å²) in [4.78, 5) is 0. The molecule has 0 unspecified atom stereocenters. The molecule has 1 rings (SSSR count). The van der Waals surface area contributed by atoms with E-state index >= 15 is 0 Å². The van der Waals surface area contributed by atoms with Crippen molar-refractivity contribution in [2.24, 2.45) is 0 Å². The van der Waals surface area contributed by atoms with Gasteiger partial charge in [-0.15, -0.1) is 11.8 Å². The third-order valence-electron chi connectivity index (χ3n) is 4.51. The van der Waals surface area contributed by atoms with Gasteiger partial charge in [-0.25, -0.2) is 0 Å². The van der Waals surface area contributed by atoms with E-state index in [0.29, 0.717) is 19.6 Å². The van der Waals surface area contributed by atoms with Gasteiger partial charge in [-0.05, 0) is 42.8 Å². The molecule has 0 aliphatic rings. The normalized spacial score (nSPS) is 13.1. The molecular formula is C20H32O3Si. The highest BCUT2D eigenvalue weighted by Crippen LogP contribution is 2.37. The average Bonchev–Trinajstić information content (AvgIpc) is 2.51. The molecule has 0 aliphatic carbocycles. The molecule has 0 amide bonds. The van der Waals surface area contributed by atoms with Crippen LogP contribution >= 0.6 is 0 Å². The first-order chi connectivity index (χ1) is 11.2. The van der Waals surface area contributed by atoms with E-state index in [1.807, 2.05) is 31.2 Å². The van der Waals surface area contributed by atoms with Crippen LogP contribution in [0.4, 0.5) is 0 Å². The van der Waals surface area contributed by atoms with Gasteiger partial charge in [-0.2, -0.15) is 0 Å². The molecule has 0 heterocycles. The van der Waals surface area contributed by atoms with Crippen LogP contribution in [0.1, 0.15) is 39.7 Å². The third kappa shape index (κ3) is 6.68. The predicted molar refractivity (Wildman–Crippen MR) is 103 cm³/mol. The summed E-state index contributed by atoms with van der Waals surface area (Å²) in [5.74, 6) is 6.95. The molecule has 0 radical (unpaired) electrons. The van der Waals surface area contributed by atoms with E-state index in [-0.39, 0.29) is 11.1 Å². The van der Waals surface area contributed by atoms with Crippen molar-refractivity contribution in [3.63, 3.8) is 0 Å². The van der Waals surface area contributed by atoms with Crippen molar-refractivity contribution in [3.05, 3.63) is 29.8 Å². The van der Waals surface area contributed by atoms with E-state index in [4.69, 9.17) is 13.9 Å². The Bertz CT molecular complexity index is 547. The van der Waals surface area contributed by atoms with Gasteiger partial charge in [0.1, 0.15) is 5.75 Å². The Labute approximate surface area is 148 Å². The molecule has 0 aromatic heterocycles. The highest BCUT2D eigenvalue weighted by Gasteiger charge is 2.39. The second-order valence-corrected chi connectivity index (χ2v) is 12.3. The van der Waals surface area contributed by atoms with Crippen LogP contribution in [0, 0.1) is 11.8 Å². The van der Waals surface area contributed by atoms with Crippen LogP contribution in [-0.2, 0) is 15.8 Å². The van der Waals surface area contributed by atoms with Crippen molar-refractivity contribution in [3.8, 4) is 17.6 Å². The summed E-state index contributed by atoms with van der Waals surface area (Å²) in [6, 6.07) is 7.94. The first kappa shape index (κ1) is 20.8. The van der Waals surface area contributed by atoms with Gasteiger partial charge in [0, 0.05) is 6.42 Å². The van der Waals surface area contributed by atoms with Crippen molar-refractivity contribution < 1.29 is 13.9 Å². The molecular weight excluding hydrogens is 316 g/mol. The molecule has 1 atom stereocenters. The zero-order valence-corrected chi connectivity index (χ0v) is 17.2. The van der Waals surface area contributed by atoms with Gasteiger partial charge in [0.05, 0.1) is 26.4 Å². The van der Waals surface area contributed by atoms with Crippen LogP contribution in [0.3, 0.4) is 0 Å². The Morgan fingerprint density at radius 1 is 1.12 bits per heavy atom. The van der Waals surface area contributed by atoms with Crippen LogP contribution in [0.2, 0.25) is 18.1 Å². The molecule has 1 aromatic rings. The number of hydrogen-bond donors (Lipinski definition) is 0. The highest BCUT2D eigenvalue weighted by molar-refractivity contribution is 6.74. The standard InChI is InChI=1S/C20H32O3Si/c1-8-9-10-19(23-24(6,7)20(2,3)4)16-22-15-17-11-13-18(21-5)14-12-17/h11-14,19H,10,15-16H2,1-7H3/t19-/m0/s1. The first-order valence-electron chi connectivity index (χ1n) is 8.47. The highest BCUT2D eigenvalue weighted by atomic mass is 28.4. The molecule has 3 nitrogen and oxygen atoms in total. The fourth-order valence-electron chi connectivity index (χ4n) is 1.97. The molecule has 0 fully saturated rings. The largest absolute Gasteiger partial charge is 0.497 e. The number of hydrogen-bond acceptors (Lipinski definition) is 3. The molecule has 0 saturated carbocycles. The number of rotatable bonds is 8. The lowest BCUT2D eigenvalue weighted by atomic mass is 10.2. The number of methoxy groups -OCH3 is 1. The Morgan fingerprint density at radius 3 is 2.25 bits per heavy atom. The monoisotopic (exact) mass is 348 g/mol. The zero-order valence-electron chi connectivity index (χ0n) is 16.2. The van der Waals surface area contributed by atoms with Gasteiger partial charge < -0.3 is 13.9 Å². The quantitative estimate of drug-likeness (QED) is 0.488. The smallest absolute Gasteiger partial charge is 0.192 e. The molecule has 0 saturated heterocycles. The molecule has 0 N–H and O–H groups in total. The average molecular weight is 349 g/mol. The van der Waals surface area contributed by atoms with Crippen molar-refractivity contribution in [1.29, 1.82) is 0 Å². The predicted octanol–water partition coefficient (Wildman–Crippen LogP) is 5.02. The second kappa shape index (κ2) is 9.27. The summed E-state index contributed by atoms with van der Waals surface area (Å²) in [5.41, 5.74) is 1.13. The van der Waals surface area contributed by atoms with Crippen LogP contribution in [0.25, 0.3) is 0 Å². The van der Waals surface area contributed by atoms with E-state index in [9.17, 15) is 0 Å². The lowest BCUT2D eigenvalue weighted by Crippen LogP contribution is -2.45. The van der Waals surface area contributed by atoms with Crippen molar-refractivity contribution in [2.75, 3.05) is 13.7 Å². The second-order valence-electron chi connectivity index (χ2n) is 7.49. The van der Waals surface area contributed by atoms with E-state index in [1.165, 1.54) is 0 Å². The number of benzene rings is 1. The Kier molecular flexibility index (Phi) is 8.01. The van der Waals surface area contributed by atoms with E-state index in [2.05, 4.69) is 45.7 Å². The van der Waals surface area contributed by atoms with Crippen LogP contribution in [0.15, 0.2) is 24.3 Å². The first-order valence-corrected chi connectivity index (χ1v) is 11.4. The van der Waals surface area contributed by atoms with Crippen LogP contribution in [0.5, 0.6) is 5.75 Å². The zero-order chi connectivity index (χ0) is 18.2. The van der Waals surface area contributed by atoms with Crippen molar-refractivity contribution >= 4 is 8.32 Å². The summed E-state index contributed by atoms with van der Waals surface area (Å²) in [6.07, 6.45) is 0.739. The summed E-state index contributed by atoms with van der Waals surface area (Å²) in [6.45, 7) is 14.3.